The third-order valence-corrected chi connectivity index (χ3v) is 3.19. The van der Waals surface area contributed by atoms with E-state index in [1.165, 1.54) is 12.1 Å². The monoisotopic (exact) mass is 326 g/mol. The predicted octanol–water partition coefficient (Wildman–Crippen LogP) is 3.40. The average Bonchev–Trinajstić information content (AvgIpc) is 2.35. The fourth-order valence-corrected chi connectivity index (χ4v) is 2.01. The number of hydrogen-bond acceptors (Lipinski definition) is 3. The van der Waals surface area contributed by atoms with E-state index in [0.717, 1.165) is 5.57 Å². The lowest BCUT2D eigenvalue weighted by Gasteiger charge is -2.20. The summed E-state index contributed by atoms with van der Waals surface area (Å²) in [5, 5.41) is 10.9. The molecule has 19 heavy (non-hydrogen) atoms. The lowest BCUT2D eigenvalue weighted by molar-refractivity contribution is -0.385. The van der Waals surface area contributed by atoms with Gasteiger partial charge in [-0.25, -0.2) is 0 Å². The first-order valence-corrected chi connectivity index (χ1v) is 6.53. The number of rotatable bonds is 5. The standard InChI is InChI=1S/C13H15BrN2O3/c1-4-15(8-9(2)3)13(17)10-5-6-11(14)12(7-10)16(18)19/h5-7H,2,4,8H2,1,3H3. The first-order chi connectivity index (χ1) is 8.86. The Hall–Kier alpha value is -1.69. The first kappa shape index (κ1) is 15.4. The van der Waals surface area contributed by atoms with Crippen LogP contribution in [0.3, 0.4) is 0 Å². The summed E-state index contributed by atoms with van der Waals surface area (Å²) in [6, 6.07) is 4.37. The molecule has 0 radical (unpaired) electrons. The summed E-state index contributed by atoms with van der Waals surface area (Å²) < 4.78 is 0.358. The van der Waals surface area contributed by atoms with Crippen LogP contribution in [0.4, 0.5) is 5.69 Å². The highest BCUT2D eigenvalue weighted by Gasteiger charge is 2.19. The van der Waals surface area contributed by atoms with Crippen molar-refractivity contribution in [3.05, 3.63) is 50.5 Å². The van der Waals surface area contributed by atoms with Gasteiger partial charge in [0.25, 0.3) is 11.6 Å². The summed E-state index contributed by atoms with van der Waals surface area (Å²) in [6.45, 7) is 8.42. The molecule has 0 saturated heterocycles. The lowest BCUT2D eigenvalue weighted by atomic mass is 10.1. The minimum Gasteiger partial charge on any atom is -0.335 e. The second kappa shape index (κ2) is 6.47. The molecule has 0 atom stereocenters. The topological polar surface area (TPSA) is 63.5 Å². The number of carbonyl (C=O) groups excluding carboxylic acids is 1. The average molecular weight is 327 g/mol. The minimum absolute atomic E-state index is 0.114. The van der Waals surface area contributed by atoms with Crippen LogP contribution in [0, 0.1) is 10.1 Å². The van der Waals surface area contributed by atoms with Crippen LogP contribution in [-0.2, 0) is 0 Å². The summed E-state index contributed by atoms with van der Waals surface area (Å²) in [5.74, 6) is -0.235. The number of nitro groups is 1. The molecule has 0 bridgehead atoms. The molecule has 0 aliphatic rings. The van der Waals surface area contributed by atoms with Crippen molar-refractivity contribution in [1.82, 2.24) is 4.90 Å². The molecule has 1 rings (SSSR count). The number of likely N-dealkylation sites (N-methyl/N-ethyl adjacent to an activating group) is 1. The zero-order valence-corrected chi connectivity index (χ0v) is 12.4. The third kappa shape index (κ3) is 3.89. The number of carbonyl (C=O) groups is 1. The second-order valence-corrected chi connectivity index (χ2v) is 5.05. The highest BCUT2D eigenvalue weighted by molar-refractivity contribution is 9.10. The normalized spacial score (nSPS) is 10.1. The minimum atomic E-state index is -0.518. The number of hydrogen-bond donors (Lipinski definition) is 0. The van der Waals surface area contributed by atoms with Crippen molar-refractivity contribution in [3.8, 4) is 0 Å². The fraction of sp³-hybridized carbons (Fsp3) is 0.308. The van der Waals surface area contributed by atoms with E-state index in [2.05, 4.69) is 22.5 Å². The Bertz CT molecular complexity index is 529. The predicted molar refractivity (Wildman–Crippen MR) is 77.2 cm³/mol. The van der Waals surface area contributed by atoms with E-state index in [0.29, 0.717) is 23.1 Å². The van der Waals surface area contributed by atoms with Gasteiger partial charge in [-0.1, -0.05) is 12.2 Å². The van der Waals surface area contributed by atoms with Gasteiger partial charge in [0.15, 0.2) is 0 Å². The lowest BCUT2D eigenvalue weighted by Crippen LogP contribution is -2.32. The van der Waals surface area contributed by atoms with Crippen molar-refractivity contribution in [1.29, 1.82) is 0 Å². The van der Waals surface area contributed by atoms with Crippen molar-refractivity contribution >= 4 is 27.5 Å². The third-order valence-electron chi connectivity index (χ3n) is 2.52. The summed E-state index contributed by atoms with van der Waals surface area (Å²) in [5.41, 5.74) is 1.05. The van der Waals surface area contributed by atoms with E-state index >= 15 is 0 Å². The van der Waals surface area contributed by atoms with Crippen molar-refractivity contribution in [2.45, 2.75) is 13.8 Å². The Morgan fingerprint density at radius 3 is 2.63 bits per heavy atom. The summed E-state index contributed by atoms with van der Waals surface area (Å²) in [4.78, 5) is 24.2. The molecule has 0 fully saturated rings. The van der Waals surface area contributed by atoms with Gasteiger partial charge in [-0.3, -0.25) is 14.9 Å². The van der Waals surface area contributed by atoms with Crippen molar-refractivity contribution < 1.29 is 9.72 Å². The molecule has 0 aliphatic carbocycles. The molecule has 0 aromatic heterocycles. The molecule has 6 heteroatoms. The highest BCUT2D eigenvalue weighted by atomic mass is 79.9. The Morgan fingerprint density at radius 1 is 1.53 bits per heavy atom. The van der Waals surface area contributed by atoms with Gasteiger partial charge in [0.2, 0.25) is 0 Å². The fourth-order valence-electron chi connectivity index (χ4n) is 1.62. The summed E-state index contributed by atoms with van der Waals surface area (Å²) in [7, 11) is 0. The molecule has 0 unspecified atom stereocenters. The van der Waals surface area contributed by atoms with Gasteiger partial charge < -0.3 is 4.90 Å². The van der Waals surface area contributed by atoms with E-state index in [9.17, 15) is 14.9 Å². The van der Waals surface area contributed by atoms with E-state index in [-0.39, 0.29) is 11.6 Å². The molecule has 0 N–H and O–H groups in total. The molecular formula is C13H15BrN2O3. The van der Waals surface area contributed by atoms with Gasteiger partial charge in [-0.2, -0.15) is 0 Å². The molecule has 0 spiro atoms. The number of nitro benzene ring substituents is 1. The Balaban J connectivity index is 3.08. The van der Waals surface area contributed by atoms with Gasteiger partial charge in [0.05, 0.1) is 9.40 Å². The van der Waals surface area contributed by atoms with Crippen LogP contribution in [0.5, 0.6) is 0 Å². The van der Waals surface area contributed by atoms with Gasteiger partial charge in [-0.15, -0.1) is 0 Å². The van der Waals surface area contributed by atoms with Crippen LogP contribution < -0.4 is 0 Å². The molecule has 0 heterocycles. The molecule has 0 saturated carbocycles. The maximum absolute atomic E-state index is 12.2. The Kier molecular flexibility index (Phi) is 5.23. The highest BCUT2D eigenvalue weighted by Crippen LogP contribution is 2.26. The van der Waals surface area contributed by atoms with E-state index in [1.54, 1.807) is 11.0 Å². The molecule has 1 aromatic rings. The van der Waals surface area contributed by atoms with Crippen LogP contribution in [0.1, 0.15) is 24.2 Å². The van der Waals surface area contributed by atoms with E-state index in [1.807, 2.05) is 13.8 Å². The van der Waals surface area contributed by atoms with Crippen LogP contribution in [0.2, 0.25) is 0 Å². The zero-order chi connectivity index (χ0) is 14.6. The number of benzene rings is 1. The number of amides is 1. The second-order valence-electron chi connectivity index (χ2n) is 4.20. The van der Waals surface area contributed by atoms with Gasteiger partial charge in [0, 0.05) is 24.7 Å². The van der Waals surface area contributed by atoms with Crippen molar-refractivity contribution in [3.63, 3.8) is 0 Å². The summed E-state index contributed by atoms with van der Waals surface area (Å²) >= 11 is 3.09. The Morgan fingerprint density at radius 2 is 2.16 bits per heavy atom. The first-order valence-electron chi connectivity index (χ1n) is 5.74. The van der Waals surface area contributed by atoms with E-state index < -0.39 is 4.92 Å². The Labute approximate surface area is 120 Å². The largest absolute Gasteiger partial charge is 0.335 e. The molecule has 102 valence electrons. The van der Waals surface area contributed by atoms with Gasteiger partial charge in [0.1, 0.15) is 0 Å². The molecule has 1 aromatic carbocycles. The number of halogens is 1. The van der Waals surface area contributed by atoms with Crippen LogP contribution in [0.15, 0.2) is 34.8 Å². The zero-order valence-electron chi connectivity index (χ0n) is 10.9. The van der Waals surface area contributed by atoms with Crippen LogP contribution in [0.25, 0.3) is 0 Å². The van der Waals surface area contributed by atoms with Crippen molar-refractivity contribution in [2.24, 2.45) is 0 Å². The smallest absolute Gasteiger partial charge is 0.284 e. The van der Waals surface area contributed by atoms with Gasteiger partial charge >= 0.3 is 0 Å². The molecular weight excluding hydrogens is 312 g/mol. The summed E-state index contributed by atoms with van der Waals surface area (Å²) in [6.07, 6.45) is 0. The van der Waals surface area contributed by atoms with Crippen LogP contribution in [-0.4, -0.2) is 28.8 Å². The quantitative estimate of drug-likeness (QED) is 0.473. The van der Waals surface area contributed by atoms with Crippen molar-refractivity contribution in [2.75, 3.05) is 13.1 Å². The molecule has 5 nitrogen and oxygen atoms in total. The molecule has 0 aliphatic heterocycles. The SMILES string of the molecule is C=C(C)CN(CC)C(=O)c1ccc(Br)c([N+](=O)[O-])c1. The van der Waals surface area contributed by atoms with E-state index in [4.69, 9.17) is 0 Å². The molecule has 1 amide bonds. The van der Waals surface area contributed by atoms with Crippen LogP contribution >= 0.6 is 15.9 Å². The maximum atomic E-state index is 12.2. The number of nitrogens with zero attached hydrogens (tertiary/aromatic N) is 2. The maximum Gasteiger partial charge on any atom is 0.284 e. The van der Waals surface area contributed by atoms with Gasteiger partial charge in [-0.05, 0) is 41.9 Å².